The molecule has 6 nitrogen and oxygen atoms in total. The molecule has 0 bridgehead atoms. The van der Waals surface area contributed by atoms with Crippen LogP contribution in [0.15, 0.2) is 59.8 Å². The van der Waals surface area contributed by atoms with E-state index in [-0.39, 0.29) is 11.9 Å². The van der Waals surface area contributed by atoms with E-state index in [2.05, 4.69) is 9.97 Å². The summed E-state index contributed by atoms with van der Waals surface area (Å²) in [6.45, 7) is 2.51. The average Bonchev–Trinajstić information content (AvgIpc) is 3.26. The molecule has 118 valence electrons. The van der Waals surface area contributed by atoms with Crippen LogP contribution in [0.3, 0.4) is 0 Å². The van der Waals surface area contributed by atoms with Crippen molar-refractivity contribution < 1.29 is 9.21 Å². The lowest BCUT2D eigenvalue weighted by atomic mass is 10.1. The van der Waals surface area contributed by atoms with Crippen molar-refractivity contribution in [2.24, 2.45) is 0 Å². The molecule has 1 amide bonds. The second kappa shape index (κ2) is 6.48. The fourth-order valence-corrected chi connectivity index (χ4v) is 2.33. The number of carbonyl (C=O) groups is 1. The number of furan rings is 1. The van der Waals surface area contributed by atoms with E-state index in [4.69, 9.17) is 4.42 Å². The fourth-order valence-electron chi connectivity index (χ4n) is 2.33. The van der Waals surface area contributed by atoms with E-state index in [1.54, 1.807) is 42.9 Å². The summed E-state index contributed by atoms with van der Waals surface area (Å²) in [5, 5.41) is 0. The Morgan fingerprint density at radius 1 is 1.30 bits per heavy atom. The Morgan fingerprint density at radius 3 is 2.87 bits per heavy atom. The molecule has 3 aromatic rings. The Kier molecular flexibility index (Phi) is 4.23. The van der Waals surface area contributed by atoms with Crippen molar-refractivity contribution in [3.05, 3.63) is 72.5 Å². The number of carbonyl (C=O) groups excluding carboxylic acids is 1. The van der Waals surface area contributed by atoms with Gasteiger partial charge in [-0.2, -0.15) is 0 Å². The molecule has 0 saturated heterocycles. The maximum Gasteiger partial charge on any atom is 0.289 e. The van der Waals surface area contributed by atoms with Gasteiger partial charge in [0.1, 0.15) is 5.76 Å². The fraction of sp³-hybridized carbons (Fsp3) is 0.235. The first-order valence-electron chi connectivity index (χ1n) is 7.36. The number of rotatable bonds is 5. The third kappa shape index (κ3) is 3.31. The van der Waals surface area contributed by atoms with Gasteiger partial charge in [0.15, 0.2) is 5.76 Å². The highest BCUT2D eigenvalue weighted by atomic mass is 16.4. The quantitative estimate of drug-likeness (QED) is 0.727. The van der Waals surface area contributed by atoms with Crippen LogP contribution in [0, 0.1) is 0 Å². The molecule has 0 spiro atoms. The van der Waals surface area contributed by atoms with Gasteiger partial charge in [0, 0.05) is 31.8 Å². The lowest BCUT2D eigenvalue weighted by Crippen LogP contribution is -2.29. The van der Waals surface area contributed by atoms with Gasteiger partial charge < -0.3 is 13.9 Å². The molecule has 1 atom stereocenters. The molecule has 3 rings (SSSR count). The van der Waals surface area contributed by atoms with E-state index in [1.807, 2.05) is 35.9 Å². The van der Waals surface area contributed by atoms with Crippen LogP contribution in [0.4, 0.5) is 0 Å². The summed E-state index contributed by atoms with van der Waals surface area (Å²) in [6, 6.07) is 7.25. The summed E-state index contributed by atoms with van der Waals surface area (Å²) in [6.07, 6.45) is 8.74. The van der Waals surface area contributed by atoms with Crippen molar-refractivity contribution in [2.45, 2.75) is 19.5 Å². The maximum absolute atomic E-state index is 12.6. The first-order valence-corrected chi connectivity index (χ1v) is 7.36. The molecule has 0 saturated carbocycles. The second-order valence-corrected chi connectivity index (χ2v) is 5.38. The normalized spacial score (nSPS) is 12.1. The van der Waals surface area contributed by atoms with Gasteiger partial charge in [0.2, 0.25) is 0 Å². The predicted octanol–water partition coefficient (Wildman–Crippen LogP) is 2.75. The van der Waals surface area contributed by atoms with Crippen molar-refractivity contribution >= 4 is 5.91 Å². The van der Waals surface area contributed by atoms with E-state index in [9.17, 15) is 4.79 Å². The number of nitrogens with zero attached hydrogens (tertiary/aromatic N) is 4. The van der Waals surface area contributed by atoms with Gasteiger partial charge in [-0.1, -0.05) is 6.07 Å². The maximum atomic E-state index is 12.6. The van der Waals surface area contributed by atoms with Crippen molar-refractivity contribution in [3.63, 3.8) is 0 Å². The Balaban J connectivity index is 1.71. The van der Waals surface area contributed by atoms with Crippen LogP contribution in [0.2, 0.25) is 0 Å². The molecule has 23 heavy (non-hydrogen) atoms. The Hall–Kier alpha value is -2.89. The minimum absolute atomic E-state index is 0.0848. The third-order valence-electron chi connectivity index (χ3n) is 3.84. The number of aromatic nitrogens is 3. The first kappa shape index (κ1) is 15.0. The first-order chi connectivity index (χ1) is 11.1. The van der Waals surface area contributed by atoms with E-state index >= 15 is 0 Å². The molecule has 0 N–H and O–H groups in total. The van der Waals surface area contributed by atoms with Crippen molar-refractivity contribution in [3.8, 4) is 0 Å². The van der Waals surface area contributed by atoms with Gasteiger partial charge in [0.25, 0.3) is 5.91 Å². The van der Waals surface area contributed by atoms with Gasteiger partial charge in [-0.15, -0.1) is 0 Å². The lowest BCUT2D eigenvalue weighted by Gasteiger charge is -2.24. The molecule has 0 aliphatic rings. The van der Waals surface area contributed by atoms with Gasteiger partial charge in [-0.05, 0) is 30.7 Å². The molecule has 3 aromatic heterocycles. The van der Waals surface area contributed by atoms with E-state index in [0.29, 0.717) is 18.1 Å². The molecule has 0 fully saturated rings. The largest absolute Gasteiger partial charge is 0.454 e. The van der Waals surface area contributed by atoms with Gasteiger partial charge in [-0.25, -0.2) is 4.98 Å². The van der Waals surface area contributed by atoms with Crippen LogP contribution in [-0.2, 0) is 6.54 Å². The summed E-state index contributed by atoms with van der Waals surface area (Å²) < 4.78 is 7.55. The van der Waals surface area contributed by atoms with E-state index < -0.39 is 0 Å². The summed E-state index contributed by atoms with van der Waals surface area (Å²) in [5.74, 6) is 0.894. The summed E-state index contributed by atoms with van der Waals surface area (Å²) in [5.41, 5.74) is 0.980. The molecule has 0 aliphatic heterocycles. The number of pyridine rings is 1. The smallest absolute Gasteiger partial charge is 0.289 e. The standard InChI is InChI=1S/C17H18N4O2/c1-13(14-4-3-7-18-10-14)20(2)17(22)16-6-5-15(23-16)11-21-9-8-19-12-21/h3-10,12-13H,11H2,1-2H3/t13-/m0/s1. The number of amides is 1. The van der Waals surface area contributed by atoms with Crippen LogP contribution >= 0.6 is 0 Å². The summed E-state index contributed by atoms with van der Waals surface area (Å²) in [7, 11) is 1.76. The molecule has 0 unspecified atom stereocenters. The van der Waals surface area contributed by atoms with E-state index in [0.717, 1.165) is 5.56 Å². The minimum atomic E-state index is -0.154. The summed E-state index contributed by atoms with van der Waals surface area (Å²) >= 11 is 0. The van der Waals surface area contributed by atoms with Crippen molar-refractivity contribution in [1.29, 1.82) is 0 Å². The Morgan fingerprint density at radius 2 is 2.17 bits per heavy atom. The van der Waals surface area contributed by atoms with Crippen molar-refractivity contribution in [1.82, 2.24) is 19.4 Å². The van der Waals surface area contributed by atoms with Crippen LogP contribution in [0.1, 0.15) is 34.8 Å². The topological polar surface area (TPSA) is 64.2 Å². The monoisotopic (exact) mass is 310 g/mol. The van der Waals surface area contributed by atoms with Gasteiger partial charge in [0.05, 0.1) is 18.9 Å². The molecule has 6 heteroatoms. The minimum Gasteiger partial charge on any atom is -0.454 e. The molecule has 0 aromatic carbocycles. The molecular weight excluding hydrogens is 292 g/mol. The average molecular weight is 310 g/mol. The third-order valence-corrected chi connectivity index (χ3v) is 3.84. The highest BCUT2D eigenvalue weighted by Crippen LogP contribution is 2.21. The SMILES string of the molecule is C[C@@H](c1cccnc1)N(C)C(=O)c1ccc(Cn2ccnc2)o1. The van der Waals surface area contributed by atoms with Crippen LogP contribution in [-0.4, -0.2) is 32.4 Å². The number of imidazole rings is 1. The highest BCUT2D eigenvalue weighted by Gasteiger charge is 2.21. The van der Waals surface area contributed by atoms with Crippen molar-refractivity contribution in [2.75, 3.05) is 7.05 Å². The number of hydrogen-bond acceptors (Lipinski definition) is 4. The van der Waals surface area contributed by atoms with E-state index in [1.165, 1.54) is 0 Å². The number of hydrogen-bond donors (Lipinski definition) is 0. The van der Waals surface area contributed by atoms with Gasteiger partial charge >= 0.3 is 0 Å². The molecule has 0 radical (unpaired) electrons. The highest BCUT2D eigenvalue weighted by molar-refractivity contribution is 5.91. The summed E-state index contributed by atoms with van der Waals surface area (Å²) in [4.78, 5) is 22.3. The van der Waals surface area contributed by atoms with Crippen LogP contribution in [0.25, 0.3) is 0 Å². The Labute approximate surface area is 134 Å². The molecule has 0 aliphatic carbocycles. The van der Waals surface area contributed by atoms with Crippen LogP contribution in [0.5, 0.6) is 0 Å². The second-order valence-electron chi connectivity index (χ2n) is 5.38. The zero-order valence-corrected chi connectivity index (χ0v) is 13.1. The lowest BCUT2D eigenvalue weighted by molar-refractivity contribution is 0.0708. The predicted molar refractivity (Wildman–Crippen MR) is 84.8 cm³/mol. The van der Waals surface area contributed by atoms with Gasteiger partial charge in [-0.3, -0.25) is 9.78 Å². The van der Waals surface area contributed by atoms with Crippen LogP contribution < -0.4 is 0 Å². The zero-order chi connectivity index (χ0) is 16.2. The zero-order valence-electron chi connectivity index (χ0n) is 13.1. The Bertz CT molecular complexity index is 765. The molecule has 3 heterocycles. The molecular formula is C17H18N4O2.